The summed E-state index contributed by atoms with van der Waals surface area (Å²) >= 11 is 7.32. The fraction of sp³-hybridized carbons (Fsp3) is 0.333. The summed E-state index contributed by atoms with van der Waals surface area (Å²) in [6.45, 7) is 1.29. The average Bonchev–Trinajstić information content (AvgIpc) is 3.65. The Labute approximate surface area is 252 Å². The first kappa shape index (κ1) is 27.9. The number of furan rings is 1. The first-order valence-corrected chi connectivity index (χ1v) is 15.1. The van der Waals surface area contributed by atoms with Gasteiger partial charge < -0.3 is 23.6 Å². The molecular weight excluding hydrogens is 602 g/mol. The van der Waals surface area contributed by atoms with Crippen LogP contribution in [0.4, 0.5) is 8.78 Å². The smallest absolute Gasteiger partial charge is 0.346 e. The van der Waals surface area contributed by atoms with E-state index in [0.29, 0.717) is 40.7 Å². The standard InChI is InChI=1S/C30H25ClF2N4O5S/c31-20-6-5-17(26-19(20)10-24(33)42-26)14-41-28-21(32)12-34-27(36-28)16-3-1-15(2-4-16)9-25-35-29-22(11-23(43-29)30(38)39)37(25)13-18-7-8-40-18/h3,5-6,10-12,15,18H,1-2,4,7-9,13-14H2,(H,38,39). The van der Waals surface area contributed by atoms with Crippen molar-refractivity contribution in [2.75, 3.05) is 6.61 Å². The summed E-state index contributed by atoms with van der Waals surface area (Å²) in [4.78, 5) is 25.9. The van der Waals surface area contributed by atoms with Crippen LogP contribution in [0.1, 0.15) is 52.6 Å². The van der Waals surface area contributed by atoms with Gasteiger partial charge in [0.05, 0.1) is 29.4 Å². The number of aromatic carboxylic acids is 1. The molecule has 1 aliphatic heterocycles. The number of carboxylic acid groups (broad SMARTS) is 1. The number of imidazole rings is 1. The normalized spacial score (nSPS) is 18.6. The van der Waals surface area contributed by atoms with Crippen molar-refractivity contribution in [2.45, 2.75) is 51.4 Å². The number of halogens is 3. The number of nitrogens with zero attached hydrogens (tertiary/aromatic N) is 4. The van der Waals surface area contributed by atoms with E-state index >= 15 is 0 Å². The summed E-state index contributed by atoms with van der Waals surface area (Å²) in [5, 5.41) is 10.2. The molecular formula is C30H25ClF2N4O5S. The van der Waals surface area contributed by atoms with Crippen molar-refractivity contribution in [3.05, 3.63) is 75.5 Å². The van der Waals surface area contributed by atoms with Crippen molar-refractivity contribution in [2.24, 2.45) is 5.92 Å². The van der Waals surface area contributed by atoms with Crippen LogP contribution in [0, 0.1) is 17.7 Å². The zero-order valence-electron chi connectivity index (χ0n) is 22.7. The van der Waals surface area contributed by atoms with Crippen LogP contribution in [0.15, 0.2) is 41.0 Å². The number of fused-ring (bicyclic) bond motifs is 2. The van der Waals surface area contributed by atoms with Gasteiger partial charge in [-0.05, 0) is 49.3 Å². The van der Waals surface area contributed by atoms with Gasteiger partial charge in [0.2, 0.25) is 5.82 Å². The molecule has 2 aliphatic rings. The minimum atomic E-state index is -0.951. The summed E-state index contributed by atoms with van der Waals surface area (Å²) in [5.41, 5.74) is 2.48. The quantitative estimate of drug-likeness (QED) is 0.185. The third-order valence-corrected chi connectivity index (χ3v) is 9.29. The van der Waals surface area contributed by atoms with E-state index in [2.05, 4.69) is 20.6 Å². The van der Waals surface area contributed by atoms with E-state index < -0.39 is 17.8 Å². The maximum Gasteiger partial charge on any atom is 0.346 e. The lowest BCUT2D eigenvalue weighted by atomic mass is 9.87. The van der Waals surface area contributed by atoms with E-state index in [1.165, 1.54) is 17.4 Å². The molecule has 2 unspecified atom stereocenters. The van der Waals surface area contributed by atoms with Crippen LogP contribution in [0.2, 0.25) is 5.02 Å². The molecule has 2 atom stereocenters. The molecule has 13 heteroatoms. The Morgan fingerprint density at radius 2 is 2.09 bits per heavy atom. The largest absolute Gasteiger partial charge is 0.477 e. The third kappa shape index (κ3) is 5.50. The highest BCUT2D eigenvalue weighted by Gasteiger charge is 2.26. The highest BCUT2D eigenvalue weighted by atomic mass is 35.5. The molecule has 222 valence electrons. The van der Waals surface area contributed by atoms with E-state index in [4.69, 9.17) is 30.5 Å². The van der Waals surface area contributed by atoms with Gasteiger partial charge in [-0.2, -0.15) is 13.8 Å². The molecule has 1 N–H and O–H groups in total. The van der Waals surface area contributed by atoms with Gasteiger partial charge in [0.1, 0.15) is 27.7 Å². The van der Waals surface area contributed by atoms with Gasteiger partial charge in [-0.25, -0.2) is 14.8 Å². The molecule has 0 saturated carbocycles. The van der Waals surface area contributed by atoms with Crippen molar-refractivity contribution in [3.8, 4) is 5.88 Å². The zero-order valence-corrected chi connectivity index (χ0v) is 24.3. The lowest BCUT2D eigenvalue weighted by Crippen LogP contribution is -2.32. The van der Waals surface area contributed by atoms with Crippen molar-refractivity contribution < 1.29 is 32.6 Å². The number of carbonyl (C=O) groups is 1. The Kier molecular flexibility index (Phi) is 7.36. The topological polar surface area (TPSA) is 113 Å². The molecule has 1 aromatic carbocycles. The Bertz CT molecular complexity index is 1900. The molecule has 7 rings (SSSR count). The first-order chi connectivity index (χ1) is 20.8. The van der Waals surface area contributed by atoms with Crippen LogP contribution in [0.3, 0.4) is 0 Å². The number of allylic oxidation sites excluding steroid dienone is 2. The Hall–Kier alpha value is -3.87. The lowest BCUT2D eigenvalue weighted by molar-refractivity contribution is -0.0590. The van der Waals surface area contributed by atoms with Crippen LogP contribution in [0.5, 0.6) is 5.88 Å². The molecule has 4 aromatic heterocycles. The highest BCUT2D eigenvalue weighted by molar-refractivity contribution is 7.20. The van der Waals surface area contributed by atoms with E-state index in [9.17, 15) is 18.7 Å². The predicted octanol–water partition coefficient (Wildman–Crippen LogP) is 7.06. The van der Waals surface area contributed by atoms with E-state index in [0.717, 1.165) is 60.2 Å². The molecule has 0 radical (unpaired) electrons. The van der Waals surface area contributed by atoms with Crippen LogP contribution < -0.4 is 4.74 Å². The van der Waals surface area contributed by atoms with Crippen LogP contribution in [0.25, 0.3) is 26.9 Å². The van der Waals surface area contributed by atoms with Crippen LogP contribution in [-0.2, 0) is 24.3 Å². The van der Waals surface area contributed by atoms with Crippen LogP contribution in [-0.4, -0.2) is 43.3 Å². The van der Waals surface area contributed by atoms with Gasteiger partial charge in [0, 0.05) is 30.0 Å². The van der Waals surface area contributed by atoms with Crippen molar-refractivity contribution in [1.29, 1.82) is 0 Å². The molecule has 0 amide bonds. The van der Waals surface area contributed by atoms with E-state index in [1.54, 1.807) is 18.2 Å². The number of hydrogen-bond donors (Lipinski definition) is 1. The van der Waals surface area contributed by atoms with Crippen molar-refractivity contribution >= 4 is 55.8 Å². The summed E-state index contributed by atoms with van der Waals surface area (Å²) < 4.78 is 46.9. The first-order valence-electron chi connectivity index (χ1n) is 13.9. The SMILES string of the molecule is O=C(O)c1cc2c(nc(CC3CC=C(c4ncc(F)c(OCc5ccc(Cl)c6cc(F)oc56)n4)CC3)n2CC2CCO2)s1. The zero-order chi connectivity index (χ0) is 29.7. The number of carboxylic acids is 1. The number of hydrogen-bond acceptors (Lipinski definition) is 8. The number of aromatic nitrogens is 4. The monoisotopic (exact) mass is 626 g/mol. The molecule has 5 aromatic rings. The number of ether oxygens (including phenoxy) is 2. The average molecular weight is 627 g/mol. The van der Waals surface area contributed by atoms with Gasteiger partial charge in [-0.15, -0.1) is 11.3 Å². The van der Waals surface area contributed by atoms with E-state index in [1.807, 2.05) is 0 Å². The number of benzene rings is 1. The van der Waals surface area contributed by atoms with Crippen molar-refractivity contribution in [3.63, 3.8) is 0 Å². The Morgan fingerprint density at radius 3 is 2.84 bits per heavy atom. The predicted molar refractivity (Wildman–Crippen MR) is 155 cm³/mol. The van der Waals surface area contributed by atoms with Gasteiger partial charge in [-0.3, -0.25) is 0 Å². The minimum absolute atomic E-state index is 0.0981. The molecule has 5 heterocycles. The van der Waals surface area contributed by atoms with Gasteiger partial charge in [-0.1, -0.05) is 23.7 Å². The molecule has 0 spiro atoms. The molecule has 1 fully saturated rings. The van der Waals surface area contributed by atoms with Gasteiger partial charge >= 0.3 is 5.97 Å². The maximum atomic E-state index is 14.6. The second kappa shape index (κ2) is 11.3. The highest BCUT2D eigenvalue weighted by Crippen LogP contribution is 2.35. The Balaban J connectivity index is 1.05. The van der Waals surface area contributed by atoms with Gasteiger partial charge in [0.25, 0.3) is 11.9 Å². The summed E-state index contributed by atoms with van der Waals surface area (Å²) in [6, 6.07) is 5.36. The lowest BCUT2D eigenvalue weighted by Gasteiger charge is -2.28. The fourth-order valence-electron chi connectivity index (χ4n) is 5.58. The minimum Gasteiger partial charge on any atom is -0.477 e. The Morgan fingerprint density at radius 1 is 1.23 bits per heavy atom. The van der Waals surface area contributed by atoms with Crippen LogP contribution >= 0.6 is 22.9 Å². The fourth-order valence-corrected chi connectivity index (χ4v) is 6.67. The van der Waals surface area contributed by atoms with Crippen molar-refractivity contribution in [1.82, 2.24) is 19.5 Å². The molecule has 43 heavy (non-hydrogen) atoms. The third-order valence-electron chi connectivity index (χ3n) is 7.95. The molecule has 9 nitrogen and oxygen atoms in total. The summed E-state index contributed by atoms with van der Waals surface area (Å²) in [5.74, 6) is -0.223. The molecule has 0 bridgehead atoms. The van der Waals surface area contributed by atoms with Gasteiger partial charge in [0.15, 0.2) is 5.82 Å². The van der Waals surface area contributed by atoms with E-state index in [-0.39, 0.29) is 29.1 Å². The number of thiophene rings is 1. The number of rotatable bonds is 9. The second-order valence-corrected chi connectivity index (χ2v) is 12.2. The summed E-state index contributed by atoms with van der Waals surface area (Å²) in [7, 11) is 0. The molecule has 1 saturated heterocycles. The second-order valence-electron chi connectivity index (χ2n) is 10.7. The summed E-state index contributed by atoms with van der Waals surface area (Å²) in [6.07, 6.45) is 7.31. The molecule has 1 aliphatic carbocycles. The maximum absolute atomic E-state index is 14.6.